The zero-order chi connectivity index (χ0) is 13.8. The van der Waals surface area contributed by atoms with E-state index >= 15 is 0 Å². The number of aliphatic hydroxyl groups excluding tert-OH is 1. The van der Waals surface area contributed by atoms with Crippen molar-refractivity contribution in [3.05, 3.63) is 0 Å². The number of rotatable bonds is 5. The van der Waals surface area contributed by atoms with E-state index in [4.69, 9.17) is 10.8 Å². The number of hydrogen-bond donors (Lipinski definition) is 2. The van der Waals surface area contributed by atoms with Crippen molar-refractivity contribution in [2.45, 2.75) is 44.6 Å². The Hall–Kier alpha value is -0.750. The van der Waals surface area contributed by atoms with Gasteiger partial charge >= 0.3 is 0 Å². The molecule has 0 aliphatic heterocycles. The zero-order valence-electron chi connectivity index (χ0n) is 10.7. The maximum Gasteiger partial charge on any atom is 0.255 e. The molecular formula is C12H22F2N2O2. The van der Waals surface area contributed by atoms with Gasteiger partial charge in [-0.25, -0.2) is 8.78 Å². The zero-order valence-corrected chi connectivity index (χ0v) is 10.7. The van der Waals surface area contributed by atoms with Crippen molar-refractivity contribution in [1.82, 2.24) is 4.90 Å². The summed E-state index contributed by atoms with van der Waals surface area (Å²) in [6.45, 7) is 0.935. The molecule has 1 rings (SSSR count). The highest BCUT2D eigenvalue weighted by Gasteiger charge is 2.40. The summed E-state index contributed by atoms with van der Waals surface area (Å²) in [6.07, 6.45) is 0.301. The smallest absolute Gasteiger partial charge is 0.255 e. The molecule has 0 radical (unpaired) electrons. The normalized spacial score (nSPS) is 28.4. The summed E-state index contributed by atoms with van der Waals surface area (Å²) >= 11 is 0. The molecule has 6 heteroatoms. The fraction of sp³-hybridized carbons (Fsp3) is 0.917. The van der Waals surface area contributed by atoms with Crippen LogP contribution in [0.15, 0.2) is 0 Å². The number of alkyl halides is 2. The average molecular weight is 264 g/mol. The van der Waals surface area contributed by atoms with Crippen molar-refractivity contribution < 1.29 is 18.7 Å². The first-order valence-electron chi connectivity index (χ1n) is 6.36. The molecule has 0 bridgehead atoms. The lowest BCUT2D eigenvalue weighted by Crippen LogP contribution is -2.58. The van der Waals surface area contributed by atoms with Crippen LogP contribution >= 0.6 is 0 Å². The van der Waals surface area contributed by atoms with Crippen molar-refractivity contribution in [1.29, 1.82) is 0 Å². The van der Waals surface area contributed by atoms with Crippen LogP contribution in [0.2, 0.25) is 0 Å². The summed E-state index contributed by atoms with van der Waals surface area (Å²) in [5.41, 5.74) is 5.04. The summed E-state index contributed by atoms with van der Waals surface area (Å²) in [6, 6.07) is 0. The molecule has 1 aliphatic carbocycles. The topological polar surface area (TPSA) is 66.6 Å². The van der Waals surface area contributed by atoms with Crippen molar-refractivity contribution in [3.8, 4) is 0 Å². The first kappa shape index (κ1) is 15.3. The Kier molecular flexibility index (Phi) is 5.47. The molecule has 0 aromatic rings. The van der Waals surface area contributed by atoms with Gasteiger partial charge < -0.3 is 15.7 Å². The minimum Gasteiger partial charge on any atom is -0.395 e. The quantitative estimate of drug-likeness (QED) is 0.778. The highest BCUT2D eigenvalue weighted by atomic mass is 19.3. The lowest BCUT2D eigenvalue weighted by Gasteiger charge is -2.39. The van der Waals surface area contributed by atoms with Crippen LogP contribution in [-0.4, -0.2) is 47.6 Å². The van der Waals surface area contributed by atoms with Crippen LogP contribution in [0.1, 0.15) is 32.6 Å². The van der Waals surface area contributed by atoms with Gasteiger partial charge in [0.1, 0.15) is 0 Å². The monoisotopic (exact) mass is 264 g/mol. The maximum absolute atomic E-state index is 12.4. The van der Waals surface area contributed by atoms with Gasteiger partial charge in [0, 0.05) is 6.54 Å². The average Bonchev–Trinajstić information content (AvgIpc) is 2.26. The second kappa shape index (κ2) is 6.43. The molecule has 1 saturated carbocycles. The predicted octanol–water partition coefficient (Wildman–Crippen LogP) is 0.980. The molecular weight excluding hydrogens is 242 g/mol. The number of halogens is 2. The molecule has 1 fully saturated rings. The second-order valence-corrected chi connectivity index (χ2v) is 5.22. The molecule has 2 unspecified atom stereocenters. The number of carbonyl (C=O) groups is 1. The van der Waals surface area contributed by atoms with E-state index in [9.17, 15) is 13.6 Å². The number of carbonyl (C=O) groups excluding carboxylic acids is 1. The van der Waals surface area contributed by atoms with Gasteiger partial charge in [-0.05, 0) is 18.8 Å². The Morgan fingerprint density at radius 3 is 2.78 bits per heavy atom. The number of nitrogens with zero attached hydrogens (tertiary/aromatic N) is 1. The van der Waals surface area contributed by atoms with Gasteiger partial charge in [-0.1, -0.05) is 19.8 Å². The van der Waals surface area contributed by atoms with Crippen LogP contribution in [0, 0.1) is 5.92 Å². The molecule has 0 aromatic heterocycles. The molecule has 4 nitrogen and oxygen atoms in total. The third kappa shape index (κ3) is 3.88. The van der Waals surface area contributed by atoms with E-state index in [0.717, 1.165) is 17.7 Å². The first-order valence-corrected chi connectivity index (χ1v) is 6.36. The fourth-order valence-electron chi connectivity index (χ4n) is 2.66. The largest absolute Gasteiger partial charge is 0.395 e. The summed E-state index contributed by atoms with van der Waals surface area (Å²) in [5.74, 6) is -0.126. The Balaban J connectivity index is 2.73. The van der Waals surface area contributed by atoms with Crippen LogP contribution in [0.3, 0.4) is 0 Å². The van der Waals surface area contributed by atoms with Gasteiger partial charge in [0.25, 0.3) is 6.43 Å². The number of aliphatic hydroxyl groups is 1. The lowest BCUT2D eigenvalue weighted by atomic mass is 9.76. The van der Waals surface area contributed by atoms with Gasteiger partial charge in [-0.3, -0.25) is 4.79 Å². The van der Waals surface area contributed by atoms with E-state index in [1.54, 1.807) is 0 Å². The lowest BCUT2D eigenvalue weighted by molar-refractivity contribution is -0.141. The minimum absolute atomic E-state index is 0.0868. The van der Waals surface area contributed by atoms with Crippen molar-refractivity contribution in [2.24, 2.45) is 11.7 Å². The molecule has 0 aromatic carbocycles. The van der Waals surface area contributed by atoms with Crippen molar-refractivity contribution >= 4 is 5.91 Å². The third-order valence-corrected chi connectivity index (χ3v) is 3.47. The van der Waals surface area contributed by atoms with Gasteiger partial charge in [0.15, 0.2) is 0 Å². The molecule has 0 saturated heterocycles. The van der Waals surface area contributed by atoms with Gasteiger partial charge in [-0.15, -0.1) is 0 Å². The Morgan fingerprint density at radius 1 is 1.61 bits per heavy atom. The number of nitrogens with two attached hydrogens (primary N) is 1. The summed E-state index contributed by atoms with van der Waals surface area (Å²) in [7, 11) is 0. The van der Waals surface area contributed by atoms with E-state index in [1.165, 1.54) is 0 Å². The SMILES string of the molecule is CC1CCCC(N)(C(=O)N(CCO)CC(F)F)C1. The standard InChI is InChI=1S/C12H22F2N2O2/c1-9-3-2-4-12(15,7-9)11(18)16(5-6-17)8-10(13)14/h9-10,17H,2-8,15H2,1H3. The first-order chi connectivity index (χ1) is 8.39. The molecule has 0 heterocycles. The van der Waals surface area contributed by atoms with Crippen LogP contribution in [0.5, 0.6) is 0 Å². The van der Waals surface area contributed by atoms with Crippen LogP contribution in [0.25, 0.3) is 0 Å². The maximum atomic E-state index is 12.4. The van der Waals surface area contributed by atoms with E-state index < -0.39 is 24.4 Å². The summed E-state index contributed by atoms with van der Waals surface area (Å²) in [5, 5.41) is 8.85. The molecule has 106 valence electrons. The van der Waals surface area contributed by atoms with Crippen LogP contribution in [0.4, 0.5) is 8.78 Å². The predicted molar refractivity (Wildman–Crippen MR) is 64.2 cm³/mol. The third-order valence-electron chi connectivity index (χ3n) is 3.47. The Morgan fingerprint density at radius 2 is 2.28 bits per heavy atom. The van der Waals surface area contributed by atoms with E-state index in [1.807, 2.05) is 6.92 Å². The molecule has 1 aliphatic rings. The molecule has 3 N–H and O–H groups in total. The molecule has 18 heavy (non-hydrogen) atoms. The molecule has 2 atom stereocenters. The van der Waals surface area contributed by atoms with Gasteiger partial charge in [0.2, 0.25) is 5.91 Å². The van der Waals surface area contributed by atoms with Gasteiger partial charge in [-0.2, -0.15) is 0 Å². The number of hydrogen-bond acceptors (Lipinski definition) is 3. The van der Waals surface area contributed by atoms with Crippen molar-refractivity contribution in [2.75, 3.05) is 19.7 Å². The van der Waals surface area contributed by atoms with Crippen molar-refractivity contribution in [3.63, 3.8) is 0 Å². The highest BCUT2D eigenvalue weighted by molar-refractivity contribution is 5.86. The minimum atomic E-state index is -2.61. The van der Waals surface area contributed by atoms with Crippen LogP contribution in [-0.2, 0) is 4.79 Å². The Bertz CT molecular complexity index is 289. The summed E-state index contributed by atoms with van der Waals surface area (Å²) in [4.78, 5) is 13.2. The number of amides is 1. The van der Waals surface area contributed by atoms with E-state index in [0.29, 0.717) is 18.8 Å². The van der Waals surface area contributed by atoms with E-state index in [2.05, 4.69) is 0 Å². The second-order valence-electron chi connectivity index (χ2n) is 5.22. The molecule has 1 amide bonds. The van der Waals surface area contributed by atoms with Crippen LogP contribution < -0.4 is 5.73 Å². The molecule has 0 spiro atoms. The fourth-order valence-corrected chi connectivity index (χ4v) is 2.66. The summed E-state index contributed by atoms with van der Waals surface area (Å²) < 4.78 is 24.8. The van der Waals surface area contributed by atoms with Gasteiger partial charge in [0.05, 0.1) is 18.7 Å². The highest BCUT2D eigenvalue weighted by Crippen LogP contribution is 2.31. The Labute approximate surface area is 106 Å². The van der Waals surface area contributed by atoms with E-state index in [-0.39, 0.29) is 13.2 Å².